The summed E-state index contributed by atoms with van der Waals surface area (Å²) in [7, 11) is 1.31. The number of methoxy groups -OCH3 is 1. The zero-order valence-corrected chi connectivity index (χ0v) is 14.5. The SMILES string of the molecule is COC(=O)CC1CN(c2cc(-c3ccnc(Cl)c3)nc(C(F)(F)F)c2)C1. The molecule has 2 aromatic heterocycles. The highest BCUT2D eigenvalue weighted by Crippen LogP contribution is 2.36. The van der Waals surface area contributed by atoms with Crippen LogP contribution in [-0.2, 0) is 15.7 Å². The molecular weight excluding hydrogens is 371 g/mol. The molecule has 1 fully saturated rings. The summed E-state index contributed by atoms with van der Waals surface area (Å²) in [5.41, 5.74) is 0.0326. The topological polar surface area (TPSA) is 55.3 Å². The minimum absolute atomic E-state index is 0.0590. The molecule has 1 saturated heterocycles. The predicted molar refractivity (Wildman–Crippen MR) is 89.8 cm³/mol. The molecule has 3 rings (SSSR count). The molecule has 0 atom stereocenters. The normalized spacial score (nSPS) is 14.9. The number of hydrogen-bond acceptors (Lipinski definition) is 5. The number of carbonyl (C=O) groups excluding carboxylic acids is 1. The third-order valence-corrected chi connectivity index (χ3v) is 4.33. The number of esters is 1. The quantitative estimate of drug-likeness (QED) is 0.591. The van der Waals surface area contributed by atoms with Crippen molar-refractivity contribution in [2.45, 2.75) is 12.6 Å². The van der Waals surface area contributed by atoms with Crippen LogP contribution in [0.2, 0.25) is 5.15 Å². The molecular formula is C17H15ClF3N3O2. The van der Waals surface area contributed by atoms with Crippen LogP contribution in [0, 0.1) is 5.92 Å². The summed E-state index contributed by atoms with van der Waals surface area (Å²) < 4.78 is 44.3. The number of hydrogen-bond donors (Lipinski definition) is 0. The number of nitrogens with zero attached hydrogens (tertiary/aromatic N) is 3. The van der Waals surface area contributed by atoms with E-state index in [1.807, 2.05) is 0 Å². The molecule has 0 aromatic carbocycles. The smallest absolute Gasteiger partial charge is 0.433 e. The fraction of sp³-hybridized carbons (Fsp3) is 0.353. The molecule has 1 aliphatic rings. The second-order valence-corrected chi connectivity index (χ2v) is 6.40. The zero-order chi connectivity index (χ0) is 18.9. The fourth-order valence-electron chi connectivity index (χ4n) is 2.78. The maximum atomic E-state index is 13.2. The fourth-order valence-corrected chi connectivity index (χ4v) is 2.96. The predicted octanol–water partition coefficient (Wildman–Crippen LogP) is 3.82. The van der Waals surface area contributed by atoms with Crippen LogP contribution < -0.4 is 4.90 Å². The van der Waals surface area contributed by atoms with Gasteiger partial charge in [0.15, 0.2) is 0 Å². The first-order valence-electron chi connectivity index (χ1n) is 7.79. The van der Waals surface area contributed by atoms with Gasteiger partial charge in [-0.2, -0.15) is 13.2 Å². The van der Waals surface area contributed by atoms with Crippen molar-refractivity contribution < 1.29 is 22.7 Å². The van der Waals surface area contributed by atoms with E-state index in [1.165, 1.54) is 19.4 Å². The zero-order valence-electron chi connectivity index (χ0n) is 13.8. The Morgan fingerprint density at radius 3 is 2.69 bits per heavy atom. The maximum Gasteiger partial charge on any atom is 0.433 e. The van der Waals surface area contributed by atoms with Crippen LogP contribution in [0.1, 0.15) is 12.1 Å². The lowest BCUT2D eigenvalue weighted by Crippen LogP contribution is -2.47. The monoisotopic (exact) mass is 385 g/mol. The largest absolute Gasteiger partial charge is 0.469 e. The van der Waals surface area contributed by atoms with Crippen LogP contribution in [0.4, 0.5) is 18.9 Å². The van der Waals surface area contributed by atoms with Crippen LogP contribution >= 0.6 is 11.6 Å². The minimum Gasteiger partial charge on any atom is -0.469 e. The molecule has 0 N–H and O–H groups in total. The molecule has 0 spiro atoms. The summed E-state index contributed by atoms with van der Waals surface area (Å²) in [4.78, 5) is 20.6. The van der Waals surface area contributed by atoms with Gasteiger partial charge in [-0.1, -0.05) is 11.6 Å². The van der Waals surface area contributed by atoms with E-state index < -0.39 is 11.9 Å². The van der Waals surface area contributed by atoms with Crippen LogP contribution in [0.3, 0.4) is 0 Å². The van der Waals surface area contributed by atoms with Crippen molar-refractivity contribution in [3.63, 3.8) is 0 Å². The summed E-state index contributed by atoms with van der Waals surface area (Å²) in [6.45, 7) is 0.958. The summed E-state index contributed by atoms with van der Waals surface area (Å²) >= 11 is 5.83. The van der Waals surface area contributed by atoms with Gasteiger partial charge in [0.2, 0.25) is 0 Å². The first kappa shape index (κ1) is 18.4. The van der Waals surface area contributed by atoms with E-state index in [4.69, 9.17) is 11.6 Å². The first-order valence-corrected chi connectivity index (χ1v) is 8.17. The Morgan fingerprint density at radius 1 is 1.35 bits per heavy atom. The Hall–Kier alpha value is -2.35. The van der Waals surface area contributed by atoms with E-state index in [1.54, 1.807) is 17.0 Å². The van der Waals surface area contributed by atoms with Gasteiger partial charge in [0.25, 0.3) is 0 Å². The van der Waals surface area contributed by atoms with Crippen molar-refractivity contribution in [3.05, 3.63) is 41.3 Å². The van der Waals surface area contributed by atoms with Crippen LogP contribution in [0.5, 0.6) is 0 Å². The van der Waals surface area contributed by atoms with Crippen molar-refractivity contribution in [3.8, 4) is 11.3 Å². The lowest BCUT2D eigenvalue weighted by atomic mass is 9.95. The average Bonchev–Trinajstić information content (AvgIpc) is 2.56. The number of aromatic nitrogens is 2. The Kier molecular flexibility index (Phi) is 5.04. The van der Waals surface area contributed by atoms with E-state index in [-0.39, 0.29) is 29.2 Å². The van der Waals surface area contributed by atoms with Crippen molar-refractivity contribution in [1.82, 2.24) is 9.97 Å². The molecule has 0 bridgehead atoms. The molecule has 2 aromatic rings. The van der Waals surface area contributed by atoms with Gasteiger partial charge in [-0.3, -0.25) is 4.79 Å². The molecule has 3 heterocycles. The molecule has 9 heteroatoms. The second-order valence-electron chi connectivity index (χ2n) is 6.01. The minimum atomic E-state index is -4.57. The molecule has 0 unspecified atom stereocenters. The summed E-state index contributed by atoms with van der Waals surface area (Å²) in [5.74, 6) is -0.267. The lowest BCUT2D eigenvalue weighted by Gasteiger charge is -2.41. The maximum absolute atomic E-state index is 13.2. The van der Waals surface area contributed by atoms with E-state index in [0.29, 0.717) is 24.3 Å². The van der Waals surface area contributed by atoms with Crippen molar-refractivity contribution in [2.75, 3.05) is 25.1 Å². The van der Waals surface area contributed by atoms with Crippen LogP contribution in [0.15, 0.2) is 30.5 Å². The molecule has 0 radical (unpaired) electrons. The van der Waals surface area contributed by atoms with Crippen LogP contribution in [0.25, 0.3) is 11.3 Å². The highest BCUT2D eigenvalue weighted by Gasteiger charge is 2.35. The van der Waals surface area contributed by atoms with E-state index in [0.717, 1.165) is 6.07 Å². The standard InChI is InChI=1S/C17H15ClF3N3O2/c1-26-16(25)4-10-8-24(9-10)12-6-13(11-2-3-22-15(18)5-11)23-14(7-12)17(19,20)21/h2-3,5-7,10H,4,8-9H2,1H3. The number of rotatable bonds is 4. The van der Waals surface area contributed by atoms with Gasteiger partial charge in [0.1, 0.15) is 10.8 Å². The highest BCUT2D eigenvalue weighted by atomic mass is 35.5. The third kappa shape index (κ3) is 4.07. The Balaban J connectivity index is 1.89. The number of ether oxygens (including phenoxy) is 1. The molecule has 0 aliphatic carbocycles. The van der Waals surface area contributed by atoms with Crippen molar-refractivity contribution >= 4 is 23.3 Å². The Bertz CT molecular complexity index is 823. The molecule has 138 valence electrons. The molecule has 5 nitrogen and oxygen atoms in total. The molecule has 26 heavy (non-hydrogen) atoms. The Morgan fingerprint density at radius 2 is 2.08 bits per heavy atom. The third-order valence-electron chi connectivity index (χ3n) is 4.13. The average molecular weight is 386 g/mol. The van der Waals surface area contributed by atoms with Gasteiger partial charge in [-0.25, -0.2) is 9.97 Å². The number of halogens is 4. The number of anilines is 1. The summed E-state index contributed by atoms with van der Waals surface area (Å²) in [6, 6.07) is 5.61. The lowest BCUT2D eigenvalue weighted by molar-refractivity contribution is -0.142. The number of carbonyl (C=O) groups is 1. The van der Waals surface area contributed by atoms with Crippen molar-refractivity contribution in [1.29, 1.82) is 0 Å². The van der Waals surface area contributed by atoms with Gasteiger partial charge < -0.3 is 9.64 Å². The molecule has 1 aliphatic heterocycles. The summed E-state index contributed by atoms with van der Waals surface area (Å²) in [6.07, 6.45) is -2.91. The first-order chi connectivity index (χ1) is 12.3. The van der Waals surface area contributed by atoms with Gasteiger partial charge in [-0.05, 0) is 24.3 Å². The van der Waals surface area contributed by atoms with E-state index in [2.05, 4.69) is 14.7 Å². The van der Waals surface area contributed by atoms with Gasteiger partial charge >= 0.3 is 12.1 Å². The highest BCUT2D eigenvalue weighted by molar-refractivity contribution is 6.29. The second kappa shape index (κ2) is 7.11. The Labute approximate surface area is 152 Å². The number of alkyl halides is 3. The van der Waals surface area contributed by atoms with E-state index in [9.17, 15) is 18.0 Å². The van der Waals surface area contributed by atoms with Gasteiger partial charge in [-0.15, -0.1) is 0 Å². The van der Waals surface area contributed by atoms with E-state index >= 15 is 0 Å². The van der Waals surface area contributed by atoms with Crippen LogP contribution in [-0.4, -0.2) is 36.1 Å². The molecule has 0 saturated carbocycles. The molecule has 0 amide bonds. The van der Waals surface area contributed by atoms with Gasteiger partial charge in [0, 0.05) is 36.5 Å². The van der Waals surface area contributed by atoms with Crippen molar-refractivity contribution in [2.24, 2.45) is 5.92 Å². The van der Waals surface area contributed by atoms with Gasteiger partial charge in [0.05, 0.1) is 19.2 Å². The number of pyridine rings is 2. The summed E-state index contributed by atoms with van der Waals surface area (Å²) in [5, 5.41) is 0.172.